The molecule has 2 atom stereocenters. The second-order valence-electron chi connectivity index (χ2n) is 5.65. The smallest absolute Gasteiger partial charge is 0.223 e. The third kappa shape index (κ3) is 2.51. The molecule has 0 aromatic heterocycles. The molecule has 0 radical (unpaired) electrons. The Balaban J connectivity index is 1.72. The van der Waals surface area contributed by atoms with Crippen molar-refractivity contribution in [3.8, 4) is 0 Å². The van der Waals surface area contributed by atoms with Crippen LogP contribution in [0.15, 0.2) is 0 Å². The minimum atomic E-state index is 0.184. The number of amides is 1. The molecule has 0 bridgehead atoms. The average molecular weight is 210 g/mol. The van der Waals surface area contributed by atoms with E-state index in [1.807, 2.05) is 0 Å². The highest BCUT2D eigenvalue weighted by molar-refractivity contribution is 5.79. The quantitative estimate of drug-likeness (QED) is 0.740. The van der Waals surface area contributed by atoms with E-state index >= 15 is 0 Å². The molecule has 0 spiro atoms. The highest BCUT2D eigenvalue weighted by Gasteiger charge is 2.33. The predicted octanol–water partition coefficient (Wildman–Crippen LogP) is 1.42. The van der Waals surface area contributed by atoms with Crippen LogP contribution in [0.1, 0.15) is 45.4 Å². The molecule has 86 valence electrons. The number of carbonyl (C=O) groups is 1. The van der Waals surface area contributed by atoms with E-state index in [-0.39, 0.29) is 17.9 Å². The minimum Gasteiger partial charge on any atom is -0.355 e. The molecule has 0 heterocycles. The van der Waals surface area contributed by atoms with Crippen LogP contribution in [0, 0.1) is 11.3 Å². The van der Waals surface area contributed by atoms with Gasteiger partial charge in [0.15, 0.2) is 0 Å². The third-order valence-electron chi connectivity index (χ3n) is 4.09. The molecular weight excluding hydrogens is 188 g/mol. The standard InChI is InChI=1S/C12H22N2O/c1-12(5-2-6-12)8-14-11(15)9-3-4-10(13)7-9/h9-10H,2-8,13H2,1H3,(H,14,15). The molecule has 3 nitrogen and oxygen atoms in total. The summed E-state index contributed by atoms with van der Waals surface area (Å²) in [6.45, 7) is 3.12. The average Bonchev–Trinajstić information content (AvgIpc) is 2.58. The fraction of sp³-hybridized carbons (Fsp3) is 0.917. The molecule has 2 aliphatic carbocycles. The highest BCUT2D eigenvalue weighted by Crippen LogP contribution is 2.39. The molecule has 0 aromatic carbocycles. The van der Waals surface area contributed by atoms with Gasteiger partial charge in [0.25, 0.3) is 0 Å². The van der Waals surface area contributed by atoms with Crippen LogP contribution in [0.4, 0.5) is 0 Å². The zero-order valence-electron chi connectivity index (χ0n) is 9.59. The van der Waals surface area contributed by atoms with E-state index in [4.69, 9.17) is 5.73 Å². The van der Waals surface area contributed by atoms with Gasteiger partial charge in [-0.3, -0.25) is 4.79 Å². The second kappa shape index (κ2) is 4.12. The predicted molar refractivity (Wildman–Crippen MR) is 60.3 cm³/mol. The lowest BCUT2D eigenvalue weighted by Crippen LogP contribution is -2.42. The van der Waals surface area contributed by atoms with Crippen LogP contribution in [-0.2, 0) is 4.79 Å². The van der Waals surface area contributed by atoms with Gasteiger partial charge in [0.05, 0.1) is 0 Å². The van der Waals surface area contributed by atoms with Gasteiger partial charge in [-0.05, 0) is 37.5 Å². The van der Waals surface area contributed by atoms with Gasteiger partial charge in [-0.1, -0.05) is 13.3 Å². The lowest BCUT2D eigenvalue weighted by atomic mass is 9.70. The molecule has 2 rings (SSSR count). The van der Waals surface area contributed by atoms with E-state index in [2.05, 4.69) is 12.2 Å². The number of nitrogens with two attached hydrogens (primary N) is 1. The van der Waals surface area contributed by atoms with Crippen LogP contribution >= 0.6 is 0 Å². The lowest BCUT2D eigenvalue weighted by molar-refractivity contribution is -0.125. The van der Waals surface area contributed by atoms with Crippen molar-refractivity contribution in [3.63, 3.8) is 0 Å². The van der Waals surface area contributed by atoms with Crippen molar-refractivity contribution in [1.29, 1.82) is 0 Å². The normalized spacial score (nSPS) is 33.5. The molecule has 0 aromatic rings. The van der Waals surface area contributed by atoms with Crippen molar-refractivity contribution in [2.45, 2.75) is 51.5 Å². The first-order valence-electron chi connectivity index (χ1n) is 6.12. The Morgan fingerprint density at radius 1 is 1.47 bits per heavy atom. The van der Waals surface area contributed by atoms with Gasteiger partial charge in [0.1, 0.15) is 0 Å². The summed E-state index contributed by atoms with van der Waals surface area (Å²) in [6.07, 6.45) is 6.71. The van der Waals surface area contributed by atoms with Gasteiger partial charge in [-0.25, -0.2) is 0 Å². The molecule has 3 heteroatoms. The van der Waals surface area contributed by atoms with E-state index in [0.717, 1.165) is 25.8 Å². The van der Waals surface area contributed by atoms with Gasteiger partial charge < -0.3 is 11.1 Å². The molecule has 15 heavy (non-hydrogen) atoms. The summed E-state index contributed by atoms with van der Waals surface area (Å²) in [7, 11) is 0. The Bertz CT molecular complexity index is 248. The summed E-state index contributed by atoms with van der Waals surface area (Å²) in [4.78, 5) is 11.8. The summed E-state index contributed by atoms with van der Waals surface area (Å²) in [5.74, 6) is 0.416. The van der Waals surface area contributed by atoms with E-state index in [1.165, 1.54) is 19.3 Å². The van der Waals surface area contributed by atoms with E-state index in [9.17, 15) is 4.79 Å². The first kappa shape index (κ1) is 10.9. The fourth-order valence-corrected chi connectivity index (χ4v) is 2.66. The zero-order valence-corrected chi connectivity index (χ0v) is 9.59. The van der Waals surface area contributed by atoms with Crippen LogP contribution < -0.4 is 11.1 Å². The van der Waals surface area contributed by atoms with Crippen LogP contribution in [0.5, 0.6) is 0 Å². The second-order valence-corrected chi connectivity index (χ2v) is 5.65. The Morgan fingerprint density at radius 2 is 2.20 bits per heavy atom. The molecule has 2 fully saturated rings. The van der Waals surface area contributed by atoms with Gasteiger partial charge in [-0.2, -0.15) is 0 Å². The van der Waals surface area contributed by atoms with E-state index < -0.39 is 0 Å². The molecule has 0 aliphatic heterocycles. The number of rotatable bonds is 3. The van der Waals surface area contributed by atoms with Gasteiger partial charge in [0.2, 0.25) is 5.91 Å². The monoisotopic (exact) mass is 210 g/mol. The molecule has 2 saturated carbocycles. The lowest BCUT2D eigenvalue weighted by Gasteiger charge is -2.38. The number of nitrogens with one attached hydrogen (secondary N) is 1. The zero-order chi connectivity index (χ0) is 10.9. The maximum Gasteiger partial charge on any atom is 0.223 e. The van der Waals surface area contributed by atoms with E-state index in [1.54, 1.807) is 0 Å². The van der Waals surface area contributed by atoms with E-state index in [0.29, 0.717) is 5.41 Å². The number of carbonyl (C=O) groups excluding carboxylic acids is 1. The highest BCUT2D eigenvalue weighted by atomic mass is 16.1. The Hall–Kier alpha value is -0.570. The minimum absolute atomic E-state index is 0.184. The van der Waals surface area contributed by atoms with Crippen molar-refractivity contribution in [3.05, 3.63) is 0 Å². The molecule has 3 N–H and O–H groups in total. The SMILES string of the molecule is CC1(CNC(=O)C2CCC(N)C2)CCC1. The third-order valence-corrected chi connectivity index (χ3v) is 4.09. The van der Waals surface area contributed by atoms with Gasteiger partial charge >= 0.3 is 0 Å². The molecule has 2 unspecified atom stereocenters. The largest absolute Gasteiger partial charge is 0.355 e. The first-order valence-corrected chi connectivity index (χ1v) is 6.12. The van der Waals surface area contributed by atoms with Crippen molar-refractivity contribution in [1.82, 2.24) is 5.32 Å². The van der Waals surface area contributed by atoms with Gasteiger partial charge in [0, 0.05) is 18.5 Å². The summed E-state index contributed by atoms with van der Waals surface area (Å²) in [6, 6.07) is 0.250. The summed E-state index contributed by atoms with van der Waals surface area (Å²) in [5.41, 5.74) is 6.19. The summed E-state index contributed by atoms with van der Waals surface area (Å²) < 4.78 is 0. The molecule has 2 aliphatic rings. The molecular formula is C12H22N2O. The number of hydrogen-bond acceptors (Lipinski definition) is 2. The van der Waals surface area contributed by atoms with Gasteiger partial charge in [-0.15, -0.1) is 0 Å². The van der Waals surface area contributed by atoms with Crippen LogP contribution in [0.3, 0.4) is 0 Å². The van der Waals surface area contributed by atoms with Crippen LogP contribution in [0.25, 0.3) is 0 Å². The maximum absolute atomic E-state index is 11.8. The van der Waals surface area contributed by atoms with Crippen LogP contribution in [0.2, 0.25) is 0 Å². The Kier molecular flexibility index (Phi) is 3.01. The molecule has 1 amide bonds. The van der Waals surface area contributed by atoms with Crippen molar-refractivity contribution >= 4 is 5.91 Å². The summed E-state index contributed by atoms with van der Waals surface area (Å²) >= 11 is 0. The van der Waals surface area contributed by atoms with Crippen molar-refractivity contribution in [2.24, 2.45) is 17.1 Å². The van der Waals surface area contributed by atoms with Crippen LogP contribution in [-0.4, -0.2) is 18.5 Å². The Labute approximate surface area is 91.8 Å². The molecule has 0 saturated heterocycles. The first-order chi connectivity index (χ1) is 7.09. The van der Waals surface area contributed by atoms with Crippen molar-refractivity contribution < 1.29 is 4.79 Å². The topological polar surface area (TPSA) is 55.1 Å². The Morgan fingerprint density at radius 3 is 2.67 bits per heavy atom. The summed E-state index contributed by atoms with van der Waals surface area (Å²) in [5, 5.41) is 3.09. The van der Waals surface area contributed by atoms with Crippen molar-refractivity contribution in [2.75, 3.05) is 6.54 Å². The number of hydrogen-bond donors (Lipinski definition) is 2. The maximum atomic E-state index is 11.8. The fourth-order valence-electron chi connectivity index (χ4n) is 2.66.